The number of aromatic hydroxyl groups is 1. The predicted molar refractivity (Wildman–Crippen MR) is 128 cm³/mol. The van der Waals surface area contributed by atoms with Crippen molar-refractivity contribution in [1.29, 1.82) is 0 Å². The average Bonchev–Trinajstić information content (AvgIpc) is 2.78. The molecule has 1 aromatic carbocycles. The zero-order valence-electron chi connectivity index (χ0n) is 18.9. The van der Waals surface area contributed by atoms with Crippen LogP contribution >= 0.6 is 15.9 Å². The van der Waals surface area contributed by atoms with Crippen LogP contribution in [0.1, 0.15) is 37.8 Å². The Hall–Kier alpha value is -2.47. The van der Waals surface area contributed by atoms with Gasteiger partial charge in [-0.2, -0.15) is 0 Å². The first-order valence-electron chi connectivity index (χ1n) is 11.2. The summed E-state index contributed by atoms with van der Waals surface area (Å²) in [5.41, 5.74) is 4.02. The van der Waals surface area contributed by atoms with Crippen molar-refractivity contribution in [1.82, 2.24) is 14.5 Å². The molecule has 3 atom stereocenters. The van der Waals surface area contributed by atoms with Gasteiger partial charge < -0.3 is 25.6 Å². The molecule has 11 heteroatoms. The number of phenols is 1. The largest absolute Gasteiger partial charge is 0.508 e. The highest BCUT2D eigenvalue weighted by atomic mass is 79.9. The molecule has 1 spiro atoms. The molecule has 4 rings (SSSR count). The molecule has 0 bridgehead atoms. The number of hydrogen-bond donors (Lipinski definition) is 4. The lowest BCUT2D eigenvalue weighted by Gasteiger charge is -2.51. The molecule has 2 saturated heterocycles. The second-order valence-electron chi connectivity index (χ2n) is 9.49. The van der Waals surface area contributed by atoms with Crippen LogP contribution in [0.25, 0.3) is 0 Å². The number of aromatic nitrogens is 2. The van der Waals surface area contributed by atoms with E-state index >= 15 is 0 Å². The van der Waals surface area contributed by atoms with E-state index < -0.39 is 34.5 Å². The number of carbonyl (C=O) groups is 1. The first kappa shape index (κ1) is 24.6. The Labute approximate surface area is 204 Å². The first-order chi connectivity index (χ1) is 16.0. The van der Waals surface area contributed by atoms with Gasteiger partial charge in [-0.05, 0) is 59.8 Å². The summed E-state index contributed by atoms with van der Waals surface area (Å²) in [4.78, 5) is 40.8. The van der Waals surface area contributed by atoms with Gasteiger partial charge in [-0.15, -0.1) is 0 Å². The standard InChI is InChI=1S/C23H29BrN4O6/c1-22(33)13-23(34-12-18(22)28-11-16(24)19(30)26-21(28)32)6-8-27(9-7-23)20(31)17(25)10-14-2-4-15(29)5-3-14/h2-5,11,17-18,29,33H,6-10,12-13,25H2,1H3,(H,26,30,32)/t17-,18-,22-/m0/s1. The molecule has 0 radical (unpaired) electrons. The maximum absolute atomic E-state index is 12.9. The number of aromatic amines is 1. The molecule has 34 heavy (non-hydrogen) atoms. The minimum absolute atomic E-state index is 0.0969. The molecule has 10 nitrogen and oxygen atoms in total. The lowest BCUT2D eigenvalue weighted by atomic mass is 9.75. The molecule has 2 aromatic rings. The monoisotopic (exact) mass is 536 g/mol. The fourth-order valence-electron chi connectivity index (χ4n) is 4.99. The van der Waals surface area contributed by atoms with E-state index in [4.69, 9.17) is 10.5 Å². The Morgan fingerprint density at radius 1 is 1.29 bits per heavy atom. The van der Waals surface area contributed by atoms with Gasteiger partial charge in [0.25, 0.3) is 5.56 Å². The van der Waals surface area contributed by atoms with Crippen LogP contribution in [-0.2, 0) is 16.0 Å². The van der Waals surface area contributed by atoms with Crippen LogP contribution in [0.3, 0.4) is 0 Å². The molecular formula is C23H29BrN4O6. The molecule has 1 aromatic heterocycles. The summed E-state index contributed by atoms with van der Waals surface area (Å²) in [7, 11) is 0. The average molecular weight is 537 g/mol. The number of phenolic OH excluding ortho intramolecular Hbond substituents is 1. The number of nitrogens with one attached hydrogen (secondary N) is 1. The molecule has 184 valence electrons. The molecule has 2 aliphatic rings. The summed E-state index contributed by atoms with van der Waals surface area (Å²) in [6, 6.07) is 5.26. The number of benzene rings is 1. The Kier molecular flexibility index (Phi) is 6.74. The molecule has 2 fully saturated rings. The van der Waals surface area contributed by atoms with Crippen molar-refractivity contribution < 1.29 is 19.7 Å². The highest BCUT2D eigenvalue weighted by Gasteiger charge is 2.50. The van der Waals surface area contributed by atoms with E-state index in [9.17, 15) is 24.6 Å². The third kappa shape index (κ3) is 4.97. The van der Waals surface area contributed by atoms with E-state index in [0.717, 1.165) is 5.56 Å². The number of aliphatic hydroxyl groups is 1. The number of nitrogens with zero attached hydrogens (tertiary/aromatic N) is 2. The smallest absolute Gasteiger partial charge is 0.328 e. The van der Waals surface area contributed by atoms with E-state index in [1.54, 1.807) is 36.1 Å². The van der Waals surface area contributed by atoms with Crippen molar-refractivity contribution in [3.05, 3.63) is 61.3 Å². The van der Waals surface area contributed by atoms with Gasteiger partial charge in [0.15, 0.2) is 0 Å². The van der Waals surface area contributed by atoms with Crippen LogP contribution in [0.4, 0.5) is 0 Å². The number of ether oxygens (including phenoxy) is 1. The molecule has 0 saturated carbocycles. The van der Waals surface area contributed by atoms with Crippen LogP contribution in [-0.4, -0.2) is 67.5 Å². The number of likely N-dealkylation sites (tertiary alicyclic amines) is 1. The predicted octanol–water partition coefficient (Wildman–Crippen LogP) is 0.648. The third-order valence-corrected chi connectivity index (χ3v) is 7.47. The Bertz CT molecular complexity index is 1170. The van der Waals surface area contributed by atoms with Crippen LogP contribution in [0, 0.1) is 0 Å². The quantitative estimate of drug-likeness (QED) is 0.447. The maximum atomic E-state index is 12.9. The van der Waals surface area contributed by atoms with E-state index in [2.05, 4.69) is 20.9 Å². The third-order valence-electron chi connectivity index (χ3n) is 6.90. The number of piperidine rings is 1. The number of H-pyrrole nitrogens is 1. The normalized spacial score (nSPS) is 25.3. The second-order valence-corrected chi connectivity index (χ2v) is 10.3. The fourth-order valence-corrected chi connectivity index (χ4v) is 5.31. The zero-order valence-corrected chi connectivity index (χ0v) is 20.5. The molecular weight excluding hydrogens is 508 g/mol. The van der Waals surface area contributed by atoms with Gasteiger partial charge in [0.1, 0.15) is 5.75 Å². The van der Waals surface area contributed by atoms with Crippen molar-refractivity contribution in [2.24, 2.45) is 5.73 Å². The minimum atomic E-state index is -1.26. The summed E-state index contributed by atoms with van der Waals surface area (Å²) in [6.45, 7) is 2.66. The van der Waals surface area contributed by atoms with E-state index in [1.165, 1.54) is 10.8 Å². The fraction of sp³-hybridized carbons (Fsp3) is 0.522. The van der Waals surface area contributed by atoms with Crippen molar-refractivity contribution in [2.75, 3.05) is 19.7 Å². The number of hydrogen-bond acceptors (Lipinski definition) is 7. The van der Waals surface area contributed by atoms with Gasteiger partial charge in [0.2, 0.25) is 5.91 Å². The van der Waals surface area contributed by atoms with Crippen molar-refractivity contribution >= 4 is 21.8 Å². The summed E-state index contributed by atoms with van der Waals surface area (Å²) in [5.74, 6) is 0.0154. The summed E-state index contributed by atoms with van der Waals surface area (Å²) in [5, 5.41) is 20.7. The number of carbonyl (C=O) groups excluding carboxylic acids is 1. The van der Waals surface area contributed by atoms with Gasteiger partial charge in [-0.25, -0.2) is 4.79 Å². The van der Waals surface area contributed by atoms with Crippen molar-refractivity contribution in [3.8, 4) is 5.75 Å². The summed E-state index contributed by atoms with van der Waals surface area (Å²) >= 11 is 3.13. The van der Waals surface area contributed by atoms with Gasteiger partial charge in [0, 0.05) is 25.7 Å². The number of rotatable bonds is 4. The molecule has 0 aliphatic carbocycles. The van der Waals surface area contributed by atoms with E-state index in [0.29, 0.717) is 32.4 Å². The summed E-state index contributed by atoms with van der Waals surface area (Å²) in [6.07, 6.45) is 3.11. The molecule has 1 amide bonds. The number of amides is 1. The van der Waals surface area contributed by atoms with Crippen LogP contribution < -0.4 is 17.0 Å². The van der Waals surface area contributed by atoms with Gasteiger partial charge >= 0.3 is 5.69 Å². The topological polar surface area (TPSA) is 151 Å². The Morgan fingerprint density at radius 3 is 2.56 bits per heavy atom. The van der Waals surface area contributed by atoms with Gasteiger partial charge in [0.05, 0.1) is 34.4 Å². The molecule has 5 N–H and O–H groups in total. The van der Waals surface area contributed by atoms with Crippen LogP contribution in [0.5, 0.6) is 5.75 Å². The van der Waals surface area contributed by atoms with Gasteiger partial charge in [-0.1, -0.05) is 12.1 Å². The first-order valence-corrected chi connectivity index (χ1v) is 12.0. The number of halogens is 1. The minimum Gasteiger partial charge on any atom is -0.508 e. The highest BCUT2D eigenvalue weighted by Crippen LogP contribution is 2.43. The molecule has 3 heterocycles. The Morgan fingerprint density at radius 2 is 1.94 bits per heavy atom. The lowest BCUT2D eigenvalue weighted by molar-refractivity contribution is -0.198. The zero-order chi connectivity index (χ0) is 24.7. The van der Waals surface area contributed by atoms with Crippen molar-refractivity contribution in [2.45, 2.75) is 55.9 Å². The molecule has 0 unspecified atom stereocenters. The van der Waals surface area contributed by atoms with Crippen LogP contribution in [0.2, 0.25) is 0 Å². The Balaban J connectivity index is 1.39. The second kappa shape index (κ2) is 9.29. The summed E-state index contributed by atoms with van der Waals surface area (Å²) < 4.78 is 7.69. The van der Waals surface area contributed by atoms with E-state index in [1.807, 2.05) is 0 Å². The molecule has 2 aliphatic heterocycles. The van der Waals surface area contributed by atoms with Crippen LogP contribution in [0.15, 0.2) is 44.5 Å². The van der Waals surface area contributed by atoms with Gasteiger partial charge in [-0.3, -0.25) is 19.1 Å². The lowest BCUT2D eigenvalue weighted by Crippen LogP contribution is -2.60. The highest BCUT2D eigenvalue weighted by molar-refractivity contribution is 9.10. The number of nitrogens with two attached hydrogens (primary N) is 1. The SMILES string of the molecule is C[C@]1(O)CC2(CCN(C(=O)[C@@H](N)Cc3ccc(O)cc3)CC2)OC[C@@H]1n1cc(Br)c(=O)[nH]c1=O. The van der Waals surface area contributed by atoms with E-state index in [-0.39, 0.29) is 29.2 Å². The maximum Gasteiger partial charge on any atom is 0.328 e. The van der Waals surface area contributed by atoms with Crippen molar-refractivity contribution in [3.63, 3.8) is 0 Å².